The van der Waals surface area contributed by atoms with Gasteiger partial charge in [0.2, 0.25) is 0 Å². The van der Waals surface area contributed by atoms with E-state index >= 15 is 0 Å². The van der Waals surface area contributed by atoms with E-state index in [9.17, 15) is 4.79 Å². The summed E-state index contributed by atoms with van der Waals surface area (Å²) in [5.41, 5.74) is 3.33. The van der Waals surface area contributed by atoms with Gasteiger partial charge in [-0.15, -0.1) is 11.5 Å². The van der Waals surface area contributed by atoms with Gasteiger partial charge in [0.1, 0.15) is 14.4 Å². The lowest BCUT2D eigenvalue weighted by Crippen LogP contribution is -2.16. The Morgan fingerprint density at radius 1 is 1.38 bits per heavy atom. The summed E-state index contributed by atoms with van der Waals surface area (Å²) in [6.07, 6.45) is 3.58. The van der Waals surface area contributed by atoms with Gasteiger partial charge in [-0.1, -0.05) is 26.6 Å². The first-order chi connectivity index (χ1) is 5.95. The van der Waals surface area contributed by atoms with Crippen LogP contribution in [0.15, 0.2) is 0 Å². The maximum atomic E-state index is 10.1. The third-order valence-electron chi connectivity index (χ3n) is 1.69. The highest BCUT2D eigenvalue weighted by molar-refractivity contribution is 6.83. The van der Waals surface area contributed by atoms with Crippen molar-refractivity contribution in [2.75, 3.05) is 0 Å². The number of carbonyl (C=O) groups is 1. The van der Waals surface area contributed by atoms with Crippen LogP contribution in [-0.4, -0.2) is 14.4 Å². The van der Waals surface area contributed by atoms with Gasteiger partial charge in [0.15, 0.2) is 0 Å². The van der Waals surface area contributed by atoms with Gasteiger partial charge < -0.3 is 4.79 Å². The van der Waals surface area contributed by atoms with E-state index in [0.29, 0.717) is 12.3 Å². The van der Waals surface area contributed by atoms with E-state index in [1.54, 1.807) is 0 Å². The fraction of sp³-hybridized carbons (Fsp3) is 0.727. The fourth-order valence-corrected chi connectivity index (χ4v) is 1.58. The molecular formula is C11H20OSi. The average molecular weight is 196 g/mol. The molecule has 0 saturated heterocycles. The number of hydrogen-bond donors (Lipinski definition) is 0. The summed E-state index contributed by atoms with van der Waals surface area (Å²) in [6.45, 7) is 8.89. The zero-order valence-electron chi connectivity index (χ0n) is 9.18. The lowest BCUT2D eigenvalue weighted by atomic mass is 10.0. The van der Waals surface area contributed by atoms with Crippen molar-refractivity contribution in [2.24, 2.45) is 5.92 Å². The molecule has 1 atom stereocenters. The predicted octanol–water partition coefficient (Wildman–Crippen LogP) is 2.87. The molecule has 0 aromatic heterocycles. The smallest absolute Gasteiger partial charge is 0.129 e. The van der Waals surface area contributed by atoms with Gasteiger partial charge in [-0.05, 0) is 12.3 Å². The monoisotopic (exact) mass is 196 g/mol. The zero-order chi connectivity index (χ0) is 10.3. The molecule has 2 heteroatoms. The second kappa shape index (κ2) is 5.99. The summed E-state index contributed by atoms with van der Waals surface area (Å²) in [4.78, 5) is 10.1. The molecule has 0 aliphatic carbocycles. The van der Waals surface area contributed by atoms with Crippen LogP contribution in [0.3, 0.4) is 0 Å². The van der Waals surface area contributed by atoms with Crippen LogP contribution in [0.5, 0.6) is 0 Å². The Kier molecular flexibility index (Phi) is 5.73. The molecule has 0 radical (unpaired) electrons. The molecule has 0 spiro atoms. The van der Waals surface area contributed by atoms with E-state index < -0.39 is 8.07 Å². The van der Waals surface area contributed by atoms with Crippen LogP contribution >= 0.6 is 0 Å². The number of carbonyl (C=O) groups excluding carboxylic acids is 1. The molecule has 74 valence electrons. The molecule has 0 N–H and O–H groups in total. The van der Waals surface area contributed by atoms with Crippen molar-refractivity contribution in [3.05, 3.63) is 0 Å². The molecule has 0 bridgehead atoms. The van der Waals surface area contributed by atoms with Crippen molar-refractivity contribution in [3.8, 4) is 11.5 Å². The maximum Gasteiger partial charge on any atom is 0.129 e. The average Bonchev–Trinajstić information content (AvgIpc) is 1.98. The number of hydrogen-bond acceptors (Lipinski definition) is 1. The highest BCUT2D eigenvalue weighted by Crippen LogP contribution is 2.08. The first-order valence-electron chi connectivity index (χ1n) is 4.89. The molecule has 0 aromatic carbocycles. The minimum absolute atomic E-state index is 0.564. The Morgan fingerprint density at radius 2 is 2.00 bits per heavy atom. The highest BCUT2D eigenvalue weighted by Gasteiger charge is 2.07. The number of aldehydes is 1. The molecule has 1 nitrogen and oxygen atoms in total. The standard InChI is InChI=1S/C11H20OSi/c1-11(7-5-9-12)8-6-10-13(2,3)4/h9,11H,5,7-8H2,1-4H3/t11-/m1/s1. The predicted molar refractivity (Wildman–Crippen MR) is 60.2 cm³/mol. The first-order valence-corrected chi connectivity index (χ1v) is 8.39. The Hall–Kier alpha value is -0.553. The van der Waals surface area contributed by atoms with Crippen LogP contribution in [0.1, 0.15) is 26.2 Å². The molecule has 0 rings (SSSR count). The first kappa shape index (κ1) is 12.4. The Morgan fingerprint density at radius 3 is 2.46 bits per heavy atom. The van der Waals surface area contributed by atoms with E-state index in [4.69, 9.17) is 0 Å². The summed E-state index contributed by atoms with van der Waals surface area (Å²) >= 11 is 0. The minimum Gasteiger partial charge on any atom is -0.303 e. The van der Waals surface area contributed by atoms with Gasteiger partial charge in [-0.2, -0.15) is 0 Å². The topological polar surface area (TPSA) is 17.1 Å². The van der Waals surface area contributed by atoms with Gasteiger partial charge in [0.05, 0.1) is 0 Å². The van der Waals surface area contributed by atoms with Crippen LogP contribution in [0, 0.1) is 17.4 Å². The summed E-state index contributed by atoms with van der Waals surface area (Å²) in [6, 6.07) is 0. The lowest BCUT2D eigenvalue weighted by Gasteiger charge is -2.06. The molecule has 0 fully saturated rings. The maximum absolute atomic E-state index is 10.1. The third kappa shape index (κ3) is 9.36. The summed E-state index contributed by atoms with van der Waals surface area (Å²) in [5.74, 6) is 3.79. The Bertz CT molecular complexity index is 204. The summed E-state index contributed by atoms with van der Waals surface area (Å²) in [5, 5.41) is 0. The summed E-state index contributed by atoms with van der Waals surface area (Å²) in [7, 11) is -1.19. The van der Waals surface area contributed by atoms with Gasteiger partial charge in [-0.25, -0.2) is 0 Å². The second-order valence-electron chi connectivity index (χ2n) is 4.61. The lowest BCUT2D eigenvalue weighted by molar-refractivity contribution is -0.108. The van der Waals surface area contributed by atoms with Crippen LogP contribution in [0.2, 0.25) is 19.6 Å². The van der Waals surface area contributed by atoms with Crippen molar-refractivity contribution in [1.82, 2.24) is 0 Å². The molecule has 13 heavy (non-hydrogen) atoms. The van der Waals surface area contributed by atoms with Crippen molar-refractivity contribution in [1.29, 1.82) is 0 Å². The normalized spacial score (nSPS) is 12.9. The van der Waals surface area contributed by atoms with Crippen molar-refractivity contribution in [3.63, 3.8) is 0 Å². The fourth-order valence-electron chi connectivity index (χ4n) is 0.945. The van der Waals surface area contributed by atoms with Gasteiger partial charge >= 0.3 is 0 Å². The van der Waals surface area contributed by atoms with Gasteiger partial charge in [0, 0.05) is 12.8 Å². The number of rotatable bonds is 4. The van der Waals surface area contributed by atoms with Crippen LogP contribution in [0.4, 0.5) is 0 Å². The van der Waals surface area contributed by atoms with Gasteiger partial charge in [-0.3, -0.25) is 0 Å². The van der Waals surface area contributed by atoms with E-state index in [2.05, 4.69) is 38.0 Å². The Labute approximate surface area is 82.9 Å². The van der Waals surface area contributed by atoms with E-state index in [1.807, 2.05) is 0 Å². The van der Waals surface area contributed by atoms with Gasteiger partial charge in [0.25, 0.3) is 0 Å². The molecule has 0 saturated carbocycles. The molecular weight excluding hydrogens is 176 g/mol. The van der Waals surface area contributed by atoms with Crippen molar-refractivity contribution >= 4 is 14.4 Å². The van der Waals surface area contributed by atoms with Crippen molar-refractivity contribution in [2.45, 2.75) is 45.8 Å². The molecule has 0 aromatic rings. The SMILES string of the molecule is C[C@@H](CC#C[Si](C)(C)C)CCC=O. The van der Waals surface area contributed by atoms with Crippen molar-refractivity contribution < 1.29 is 4.79 Å². The Balaban J connectivity index is 3.72. The second-order valence-corrected chi connectivity index (χ2v) is 9.36. The van der Waals surface area contributed by atoms with Crippen LogP contribution in [0.25, 0.3) is 0 Å². The quantitative estimate of drug-likeness (QED) is 0.384. The van der Waals surface area contributed by atoms with E-state index in [-0.39, 0.29) is 0 Å². The van der Waals surface area contributed by atoms with Crippen LogP contribution < -0.4 is 0 Å². The van der Waals surface area contributed by atoms with E-state index in [1.165, 1.54) is 0 Å². The van der Waals surface area contributed by atoms with E-state index in [0.717, 1.165) is 19.1 Å². The third-order valence-corrected chi connectivity index (χ3v) is 2.62. The summed E-state index contributed by atoms with van der Waals surface area (Å²) < 4.78 is 0. The molecule has 0 heterocycles. The minimum atomic E-state index is -1.19. The molecule has 0 unspecified atom stereocenters. The zero-order valence-corrected chi connectivity index (χ0v) is 10.2. The van der Waals surface area contributed by atoms with Crippen LogP contribution in [-0.2, 0) is 4.79 Å². The molecule has 0 aliphatic rings. The highest BCUT2D eigenvalue weighted by atomic mass is 28.3. The molecule has 0 aliphatic heterocycles. The molecule has 0 amide bonds. The largest absolute Gasteiger partial charge is 0.303 e.